The van der Waals surface area contributed by atoms with Gasteiger partial charge in [0, 0.05) is 30.7 Å². The van der Waals surface area contributed by atoms with E-state index >= 15 is 0 Å². The number of rotatable bonds is 4. The molecule has 1 aromatic carbocycles. The predicted octanol–water partition coefficient (Wildman–Crippen LogP) is 2.20. The lowest BCUT2D eigenvalue weighted by Crippen LogP contribution is -2.02. The molecule has 1 N–H and O–H groups in total. The topological polar surface area (TPSA) is 34.4 Å². The van der Waals surface area contributed by atoms with Gasteiger partial charge in [0.25, 0.3) is 0 Å². The average Bonchev–Trinajstić information content (AvgIpc) is 2.66. The minimum absolute atomic E-state index is 0.179. The van der Waals surface area contributed by atoms with E-state index in [0.717, 1.165) is 23.4 Å². The van der Waals surface area contributed by atoms with E-state index in [0.29, 0.717) is 6.42 Å². The Morgan fingerprint density at radius 3 is 2.81 bits per heavy atom. The standard InChI is InChI=1S/C13H17NO2/c1-3-14-10(7-8-15)9-11-12(14)5-4-6-13(11)16-2/h4-6,9,15H,3,7-8H2,1-2H3. The summed E-state index contributed by atoms with van der Waals surface area (Å²) in [6.07, 6.45) is 0.686. The zero-order valence-corrected chi connectivity index (χ0v) is 9.73. The molecule has 0 aliphatic heterocycles. The maximum Gasteiger partial charge on any atom is 0.128 e. The van der Waals surface area contributed by atoms with Crippen LogP contribution in [0, 0.1) is 0 Å². The van der Waals surface area contributed by atoms with Gasteiger partial charge in [-0.1, -0.05) is 6.07 Å². The molecule has 0 saturated carbocycles. The Labute approximate surface area is 95.3 Å². The highest BCUT2D eigenvalue weighted by molar-refractivity contribution is 5.87. The van der Waals surface area contributed by atoms with Gasteiger partial charge in [-0.25, -0.2) is 0 Å². The first kappa shape index (κ1) is 11.0. The molecule has 2 rings (SSSR count). The summed E-state index contributed by atoms with van der Waals surface area (Å²) in [6.45, 7) is 3.20. The summed E-state index contributed by atoms with van der Waals surface area (Å²) in [6, 6.07) is 8.15. The van der Waals surface area contributed by atoms with Gasteiger partial charge in [0.2, 0.25) is 0 Å². The highest BCUT2D eigenvalue weighted by Gasteiger charge is 2.10. The number of fused-ring (bicyclic) bond motifs is 1. The molecule has 0 fully saturated rings. The van der Waals surface area contributed by atoms with E-state index in [2.05, 4.69) is 23.6 Å². The van der Waals surface area contributed by atoms with Crippen LogP contribution in [0.25, 0.3) is 10.9 Å². The molecular formula is C13H17NO2. The van der Waals surface area contributed by atoms with Crippen molar-refractivity contribution in [2.75, 3.05) is 13.7 Å². The summed E-state index contributed by atoms with van der Waals surface area (Å²) in [5.41, 5.74) is 2.33. The van der Waals surface area contributed by atoms with Crippen molar-refractivity contribution < 1.29 is 9.84 Å². The fourth-order valence-corrected chi connectivity index (χ4v) is 2.19. The molecule has 0 aliphatic carbocycles. The van der Waals surface area contributed by atoms with Crippen LogP contribution in [0.4, 0.5) is 0 Å². The van der Waals surface area contributed by atoms with Crippen molar-refractivity contribution in [1.82, 2.24) is 4.57 Å². The minimum Gasteiger partial charge on any atom is -0.496 e. The number of aryl methyl sites for hydroxylation is 1. The van der Waals surface area contributed by atoms with Gasteiger partial charge in [-0.15, -0.1) is 0 Å². The Bertz CT molecular complexity index is 488. The van der Waals surface area contributed by atoms with E-state index in [1.807, 2.05) is 12.1 Å². The highest BCUT2D eigenvalue weighted by Crippen LogP contribution is 2.28. The van der Waals surface area contributed by atoms with Crippen molar-refractivity contribution in [2.45, 2.75) is 19.9 Å². The second-order valence-corrected chi connectivity index (χ2v) is 3.75. The van der Waals surface area contributed by atoms with Crippen LogP contribution in [0.2, 0.25) is 0 Å². The van der Waals surface area contributed by atoms with Crippen LogP contribution in [0.15, 0.2) is 24.3 Å². The number of nitrogens with zero attached hydrogens (tertiary/aromatic N) is 1. The van der Waals surface area contributed by atoms with Gasteiger partial charge in [-0.2, -0.15) is 0 Å². The lowest BCUT2D eigenvalue weighted by atomic mass is 10.2. The van der Waals surface area contributed by atoms with Crippen LogP contribution < -0.4 is 4.74 Å². The van der Waals surface area contributed by atoms with Crippen LogP contribution in [0.1, 0.15) is 12.6 Å². The summed E-state index contributed by atoms with van der Waals surface area (Å²) in [7, 11) is 1.68. The third-order valence-electron chi connectivity index (χ3n) is 2.90. The fraction of sp³-hybridized carbons (Fsp3) is 0.385. The Balaban J connectivity index is 2.65. The van der Waals surface area contributed by atoms with Crippen molar-refractivity contribution in [3.8, 4) is 5.75 Å². The first-order valence-electron chi connectivity index (χ1n) is 5.57. The molecule has 0 saturated heterocycles. The third-order valence-corrected chi connectivity index (χ3v) is 2.90. The summed E-state index contributed by atoms with van der Waals surface area (Å²) in [4.78, 5) is 0. The fourth-order valence-electron chi connectivity index (χ4n) is 2.19. The summed E-state index contributed by atoms with van der Waals surface area (Å²) in [5, 5.41) is 10.2. The number of hydrogen-bond donors (Lipinski definition) is 1. The van der Waals surface area contributed by atoms with Crippen molar-refractivity contribution >= 4 is 10.9 Å². The van der Waals surface area contributed by atoms with Gasteiger partial charge in [0.1, 0.15) is 5.75 Å². The first-order chi connectivity index (χ1) is 7.81. The van der Waals surface area contributed by atoms with Gasteiger partial charge in [0.05, 0.1) is 12.6 Å². The number of ether oxygens (including phenoxy) is 1. The molecule has 3 nitrogen and oxygen atoms in total. The predicted molar refractivity (Wildman–Crippen MR) is 65.0 cm³/mol. The van der Waals surface area contributed by atoms with Gasteiger partial charge in [-0.05, 0) is 25.1 Å². The molecule has 0 bridgehead atoms. The normalized spacial score (nSPS) is 10.9. The summed E-state index contributed by atoms with van der Waals surface area (Å²) in [5.74, 6) is 0.892. The SMILES string of the molecule is CCn1c(CCO)cc2c(OC)cccc21. The molecular weight excluding hydrogens is 202 g/mol. The maximum absolute atomic E-state index is 9.05. The van der Waals surface area contributed by atoms with Crippen molar-refractivity contribution in [1.29, 1.82) is 0 Å². The molecule has 0 spiro atoms. The van der Waals surface area contributed by atoms with Crippen LogP contribution >= 0.6 is 0 Å². The monoisotopic (exact) mass is 219 g/mol. The summed E-state index contributed by atoms with van der Waals surface area (Å²) >= 11 is 0. The van der Waals surface area contributed by atoms with E-state index in [1.165, 1.54) is 5.52 Å². The smallest absolute Gasteiger partial charge is 0.128 e. The maximum atomic E-state index is 9.05. The molecule has 86 valence electrons. The molecule has 0 aliphatic rings. The first-order valence-corrected chi connectivity index (χ1v) is 5.57. The molecule has 2 aromatic rings. The molecule has 0 unspecified atom stereocenters. The van der Waals surface area contributed by atoms with Crippen molar-refractivity contribution in [2.24, 2.45) is 0 Å². The Morgan fingerprint density at radius 2 is 2.19 bits per heavy atom. The average molecular weight is 219 g/mol. The van der Waals surface area contributed by atoms with E-state index in [1.54, 1.807) is 7.11 Å². The van der Waals surface area contributed by atoms with Gasteiger partial charge in [-0.3, -0.25) is 0 Å². The largest absolute Gasteiger partial charge is 0.496 e. The third kappa shape index (κ3) is 1.67. The molecule has 1 aromatic heterocycles. The highest BCUT2D eigenvalue weighted by atomic mass is 16.5. The zero-order valence-electron chi connectivity index (χ0n) is 9.73. The number of methoxy groups -OCH3 is 1. The minimum atomic E-state index is 0.179. The molecule has 1 heterocycles. The Morgan fingerprint density at radius 1 is 1.38 bits per heavy atom. The van der Waals surface area contributed by atoms with E-state index in [4.69, 9.17) is 9.84 Å². The molecule has 0 amide bonds. The van der Waals surface area contributed by atoms with Crippen LogP contribution in [-0.4, -0.2) is 23.4 Å². The van der Waals surface area contributed by atoms with Crippen molar-refractivity contribution in [3.63, 3.8) is 0 Å². The van der Waals surface area contributed by atoms with E-state index in [-0.39, 0.29) is 6.61 Å². The van der Waals surface area contributed by atoms with E-state index in [9.17, 15) is 0 Å². The van der Waals surface area contributed by atoms with Crippen LogP contribution in [0.5, 0.6) is 5.75 Å². The second kappa shape index (κ2) is 4.58. The molecule has 16 heavy (non-hydrogen) atoms. The second-order valence-electron chi connectivity index (χ2n) is 3.75. The molecule has 3 heteroatoms. The molecule has 0 atom stereocenters. The number of aromatic nitrogens is 1. The number of aliphatic hydroxyl groups excluding tert-OH is 1. The van der Waals surface area contributed by atoms with Gasteiger partial charge < -0.3 is 14.4 Å². The number of benzene rings is 1. The Kier molecular flexibility index (Phi) is 3.15. The van der Waals surface area contributed by atoms with Crippen molar-refractivity contribution in [3.05, 3.63) is 30.0 Å². The number of aliphatic hydroxyl groups is 1. The van der Waals surface area contributed by atoms with Crippen LogP contribution in [0.3, 0.4) is 0 Å². The number of hydrogen-bond acceptors (Lipinski definition) is 2. The van der Waals surface area contributed by atoms with Crippen LogP contribution in [-0.2, 0) is 13.0 Å². The van der Waals surface area contributed by atoms with Gasteiger partial charge in [0.15, 0.2) is 0 Å². The summed E-state index contributed by atoms with van der Waals surface area (Å²) < 4.78 is 7.56. The lowest BCUT2D eigenvalue weighted by Gasteiger charge is -2.06. The van der Waals surface area contributed by atoms with Gasteiger partial charge >= 0.3 is 0 Å². The quantitative estimate of drug-likeness (QED) is 0.855. The zero-order chi connectivity index (χ0) is 11.5. The Hall–Kier alpha value is -1.48. The molecule has 0 radical (unpaired) electrons. The lowest BCUT2D eigenvalue weighted by molar-refractivity contribution is 0.296. The van der Waals surface area contributed by atoms with E-state index < -0.39 is 0 Å².